The largest absolute Gasteiger partial charge is 0.476 e. The Bertz CT molecular complexity index is 508. The first-order valence-electron chi connectivity index (χ1n) is 4.74. The molecule has 0 saturated heterocycles. The summed E-state index contributed by atoms with van der Waals surface area (Å²) in [5, 5.41) is 13.6. The lowest BCUT2D eigenvalue weighted by Crippen LogP contribution is -2.13. The average molecular weight is 273 g/mol. The number of nitrogens with zero attached hydrogens (tertiary/aromatic N) is 3. The van der Waals surface area contributed by atoms with Crippen LogP contribution in [0.4, 0.5) is 0 Å². The fourth-order valence-corrected chi connectivity index (χ4v) is 1.90. The molecule has 1 aliphatic heterocycles. The highest BCUT2D eigenvalue weighted by Crippen LogP contribution is 2.25. The molecule has 1 aromatic rings. The lowest BCUT2D eigenvalue weighted by molar-refractivity contribution is -0.486. The van der Waals surface area contributed by atoms with Crippen LogP contribution in [-0.4, -0.2) is 28.3 Å². The first-order valence-corrected chi connectivity index (χ1v) is 5.50. The lowest BCUT2D eigenvalue weighted by atomic mass is 10.2. The Morgan fingerprint density at radius 2 is 2.06 bits per heavy atom. The summed E-state index contributed by atoms with van der Waals surface area (Å²) in [7, 11) is 0. The van der Waals surface area contributed by atoms with Gasteiger partial charge in [0, 0.05) is 15.6 Å². The normalized spacial score (nSPS) is 18.2. The molecule has 0 aliphatic carbocycles. The van der Waals surface area contributed by atoms with E-state index in [1.807, 2.05) is 0 Å². The molecule has 0 spiro atoms. The topological polar surface area (TPSA) is 65.0 Å². The minimum Gasteiger partial charge on any atom is -0.476 e. The highest BCUT2D eigenvalue weighted by atomic mass is 35.5. The van der Waals surface area contributed by atoms with Crippen molar-refractivity contribution in [1.82, 2.24) is 0 Å². The molecule has 2 rings (SSSR count). The van der Waals surface area contributed by atoms with E-state index in [-0.39, 0.29) is 0 Å². The maximum Gasteiger partial charge on any atom is 0.380 e. The smallest absolute Gasteiger partial charge is 0.380 e. The van der Waals surface area contributed by atoms with E-state index in [4.69, 9.17) is 28.3 Å². The Balaban J connectivity index is 2.21. The van der Waals surface area contributed by atoms with E-state index in [9.17, 15) is 4.79 Å². The monoisotopic (exact) mass is 272 g/mol. The van der Waals surface area contributed by atoms with Gasteiger partial charge in [0.2, 0.25) is 0 Å². The van der Waals surface area contributed by atoms with E-state index in [0.29, 0.717) is 22.2 Å². The van der Waals surface area contributed by atoms with Gasteiger partial charge < -0.3 is 5.11 Å². The predicted octanol–water partition coefficient (Wildman–Crippen LogP) is 2.41. The molecule has 17 heavy (non-hydrogen) atoms. The summed E-state index contributed by atoms with van der Waals surface area (Å²) in [6.45, 7) is 0.297. The van der Waals surface area contributed by atoms with E-state index in [1.54, 1.807) is 18.2 Å². The predicted molar refractivity (Wildman–Crippen MR) is 62.8 cm³/mol. The molecule has 1 N–H and O–H groups in total. The van der Waals surface area contributed by atoms with E-state index >= 15 is 0 Å². The SMILES string of the molecule is O=C(O)C1N=C[N+](Cc2c(Cl)cccc2Cl)=N1. The van der Waals surface area contributed by atoms with Crippen LogP contribution in [0.25, 0.3) is 0 Å². The highest BCUT2D eigenvalue weighted by Gasteiger charge is 2.28. The zero-order valence-corrected chi connectivity index (χ0v) is 10.1. The van der Waals surface area contributed by atoms with Crippen molar-refractivity contribution in [3.8, 4) is 0 Å². The molecule has 88 valence electrons. The van der Waals surface area contributed by atoms with Crippen molar-refractivity contribution < 1.29 is 14.6 Å². The Hall–Kier alpha value is -1.46. The number of hydrogen-bond donors (Lipinski definition) is 1. The molecule has 0 bridgehead atoms. The third-order valence-corrected chi connectivity index (χ3v) is 2.91. The first-order chi connectivity index (χ1) is 8.08. The van der Waals surface area contributed by atoms with Gasteiger partial charge in [-0.2, -0.15) is 0 Å². The van der Waals surface area contributed by atoms with Gasteiger partial charge >= 0.3 is 18.5 Å². The Morgan fingerprint density at radius 3 is 2.59 bits per heavy atom. The van der Waals surface area contributed by atoms with Crippen LogP contribution in [0.15, 0.2) is 28.3 Å². The summed E-state index contributed by atoms with van der Waals surface area (Å²) in [5.74, 6) is -1.09. The van der Waals surface area contributed by atoms with Gasteiger partial charge in [-0.15, -0.1) is 4.70 Å². The number of aliphatic carboxylic acids is 1. The number of carbonyl (C=O) groups is 1. The minimum atomic E-state index is -1.09. The van der Waals surface area contributed by atoms with Crippen LogP contribution in [0.1, 0.15) is 5.56 Å². The molecule has 1 aliphatic rings. The summed E-state index contributed by atoms with van der Waals surface area (Å²) >= 11 is 12.0. The summed E-state index contributed by atoms with van der Waals surface area (Å²) in [5.41, 5.74) is 0.692. The van der Waals surface area contributed by atoms with Crippen molar-refractivity contribution in [2.45, 2.75) is 12.7 Å². The van der Waals surface area contributed by atoms with Crippen LogP contribution >= 0.6 is 23.2 Å². The van der Waals surface area contributed by atoms with Crippen LogP contribution < -0.4 is 0 Å². The van der Waals surface area contributed by atoms with E-state index in [2.05, 4.69) is 10.1 Å². The molecule has 0 aromatic heterocycles. The summed E-state index contributed by atoms with van der Waals surface area (Å²) in [6, 6.07) is 5.17. The third-order valence-electron chi connectivity index (χ3n) is 2.20. The first kappa shape index (κ1) is 12.0. The van der Waals surface area contributed by atoms with Crippen molar-refractivity contribution >= 4 is 35.5 Å². The van der Waals surface area contributed by atoms with E-state index in [0.717, 1.165) is 0 Å². The van der Waals surface area contributed by atoms with Crippen molar-refractivity contribution in [1.29, 1.82) is 0 Å². The Labute approximate surface area is 107 Å². The molecular formula is C10H8Cl2N3O2+. The quantitative estimate of drug-likeness (QED) is 0.859. The zero-order valence-electron chi connectivity index (χ0n) is 8.55. The summed E-state index contributed by atoms with van der Waals surface area (Å²) in [6.07, 6.45) is 0.287. The number of azo groups is 2. The number of carboxylic acids is 1. The van der Waals surface area contributed by atoms with E-state index < -0.39 is 12.1 Å². The molecule has 5 nitrogen and oxygen atoms in total. The molecular weight excluding hydrogens is 265 g/mol. The van der Waals surface area contributed by atoms with Gasteiger partial charge in [-0.1, -0.05) is 34.4 Å². The van der Waals surface area contributed by atoms with Crippen molar-refractivity contribution in [2.75, 3.05) is 0 Å². The molecule has 1 aromatic carbocycles. The Morgan fingerprint density at radius 1 is 1.41 bits per heavy atom. The number of aliphatic imine (C=N–C) groups is 1. The van der Waals surface area contributed by atoms with Gasteiger partial charge in [0.15, 0.2) is 0 Å². The molecule has 1 atom stereocenters. The molecule has 0 radical (unpaired) electrons. The molecule has 1 heterocycles. The number of hydrogen-bond acceptors (Lipinski definition) is 3. The van der Waals surface area contributed by atoms with Crippen LogP contribution in [0.5, 0.6) is 0 Å². The van der Waals surface area contributed by atoms with Crippen LogP contribution in [0, 0.1) is 0 Å². The van der Waals surface area contributed by atoms with E-state index in [1.165, 1.54) is 11.0 Å². The van der Waals surface area contributed by atoms with Gasteiger partial charge in [-0.05, 0) is 17.1 Å². The minimum absolute atomic E-state index is 0.297. The molecule has 1 unspecified atom stereocenters. The third kappa shape index (κ3) is 2.62. The maximum absolute atomic E-state index is 10.6. The van der Waals surface area contributed by atoms with Gasteiger partial charge in [-0.25, -0.2) is 4.79 Å². The van der Waals surface area contributed by atoms with Gasteiger partial charge in [0.05, 0.1) is 0 Å². The second-order valence-corrected chi connectivity index (χ2v) is 4.20. The fraction of sp³-hybridized carbons (Fsp3) is 0.200. The molecule has 0 fully saturated rings. The summed E-state index contributed by atoms with van der Waals surface area (Å²) < 4.78 is 1.41. The van der Waals surface area contributed by atoms with Crippen molar-refractivity contribution in [3.05, 3.63) is 33.8 Å². The highest BCUT2D eigenvalue weighted by molar-refractivity contribution is 6.35. The number of rotatable bonds is 3. The molecule has 0 saturated carbocycles. The zero-order chi connectivity index (χ0) is 12.4. The van der Waals surface area contributed by atoms with Gasteiger partial charge in [0.1, 0.15) is 6.54 Å². The van der Waals surface area contributed by atoms with Gasteiger partial charge in [0.25, 0.3) is 0 Å². The molecule has 7 heteroatoms. The van der Waals surface area contributed by atoms with Crippen molar-refractivity contribution in [3.63, 3.8) is 0 Å². The standard InChI is InChI=1S/C10H7Cl2N3O2/c11-7-2-1-3-8(12)6(7)4-15-5-13-9(14-15)10(16)17/h1-3,5,9H,4H2/p+1. The average Bonchev–Trinajstić information content (AvgIpc) is 2.72. The second kappa shape index (κ2) is 4.81. The fourth-order valence-electron chi connectivity index (χ4n) is 1.38. The maximum atomic E-state index is 10.6. The lowest BCUT2D eigenvalue weighted by Gasteiger charge is -2.03. The molecule has 0 amide bonds. The Kier molecular flexibility index (Phi) is 3.40. The van der Waals surface area contributed by atoms with Gasteiger partial charge in [-0.3, -0.25) is 0 Å². The van der Waals surface area contributed by atoms with Crippen LogP contribution in [0.3, 0.4) is 0 Å². The number of halogens is 2. The number of carboxylic acid groups (broad SMARTS) is 1. The summed E-state index contributed by atoms with van der Waals surface area (Å²) in [4.78, 5) is 14.4. The number of benzene rings is 1. The second-order valence-electron chi connectivity index (χ2n) is 3.39. The van der Waals surface area contributed by atoms with Crippen LogP contribution in [0.2, 0.25) is 10.0 Å². The van der Waals surface area contributed by atoms with Crippen LogP contribution in [-0.2, 0) is 11.3 Å². The van der Waals surface area contributed by atoms with Crippen molar-refractivity contribution in [2.24, 2.45) is 10.1 Å².